The van der Waals surface area contributed by atoms with E-state index in [1.54, 1.807) is 29.6 Å². The van der Waals surface area contributed by atoms with Crippen molar-refractivity contribution in [3.05, 3.63) is 17.5 Å². The fraction of sp³-hybridized carbons (Fsp3) is 0.500. The number of aromatic nitrogens is 3. The van der Waals surface area contributed by atoms with Crippen molar-refractivity contribution in [2.45, 2.75) is 24.0 Å². The maximum absolute atomic E-state index is 12.2. The molecule has 3 heterocycles. The van der Waals surface area contributed by atoms with Crippen molar-refractivity contribution in [3.8, 4) is 0 Å². The molecule has 1 aliphatic heterocycles. The Morgan fingerprint density at radius 3 is 2.95 bits per heavy atom. The number of carbonyl (C=O) groups excluding carboxylic acids is 1. The molecule has 0 bridgehead atoms. The maximum atomic E-state index is 12.2. The molecule has 3 rings (SSSR count). The molecule has 0 aromatic carbocycles. The summed E-state index contributed by atoms with van der Waals surface area (Å²) in [7, 11) is 1.85. The van der Waals surface area contributed by atoms with E-state index >= 15 is 0 Å². The van der Waals surface area contributed by atoms with Gasteiger partial charge in [0.2, 0.25) is 0 Å². The van der Waals surface area contributed by atoms with Gasteiger partial charge in [0, 0.05) is 18.1 Å². The van der Waals surface area contributed by atoms with Gasteiger partial charge in [0.15, 0.2) is 5.65 Å². The number of hydrogen-bond donors (Lipinski definition) is 0. The van der Waals surface area contributed by atoms with E-state index in [-0.39, 0.29) is 5.97 Å². The van der Waals surface area contributed by atoms with Crippen LogP contribution in [0.15, 0.2) is 11.1 Å². The lowest BCUT2D eigenvalue weighted by Crippen LogP contribution is -2.30. The molecule has 2 aromatic rings. The van der Waals surface area contributed by atoms with Gasteiger partial charge in [-0.25, -0.2) is 9.78 Å². The Morgan fingerprint density at radius 1 is 1.57 bits per heavy atom. The molecular weight excluding hydrogens is 290 g/mol. The monoisotopic (exact) mass is 307 g/mol. The predicted molar refractivity (Wildman–Crippen MR) is 79.7 cm³/mol. The molecule has 112 valence electrons. The van der Waals surface area contributed by atoms with E-state index in [9.17, 15) is 4.79 Å². The van der Waals surface area contributed by atoms with Gasteiger partial charge >= 0.3 is 5.97 Å². The van der Waals surface area contributed by atoms with Crippen LogP contribution in [-0.4, -0.2) is 45.8 Å². The third-order valence-corrected chi connectivity index (χ3v) is 4.63. The molecule has 0 radical (unpaired) electrons. The average Bonchev–Trinajstić information content (AvgIpc) is 2.69. The minimum Gasteiger partial charge on any atom is -0.462 e. The zero-order valence-electron chi connectivity index (χ0n) is 12.3. The summed E-state index contributed by atoms with van der Waals surface area (Å²) in [4.78, 5) is 17.5. The van der Waals surface area contributed by atoms with Gasteiger partial charge in [0.05, 0.1) is 41.7 Å². The summed E-state index contributed by atoms with van der Waals surface area (Å²) in [5.41, 5.74) is 2.16. The predicted octanol–water partition coefficient (Wildman–Crippen LogP) is 1.94. The van der Waals surface area contributed by atoms with Gasteiger partial charge in [-0.1, -0.05) is 0 Å². The van der Waals surface area contributed by atoms with Crippen LogP contribution in [0.1, 0.15) is 23.0 Å². The first-order valence-electron chi connectivity index (χ1n) is 6.85. The first-order valence-corrected chi connectivity index (χ1v) is 7.73. The summed E-state index contributed by atoms with van der Waals surface area (Å²) in [5.74, 6) is -0.335. The van der Waals surface area contributed by atoms with Crippen LogP contribution in [0, 0.1) is 6.92 Å². The number of fused-ring (bicyclic) bond motifs is 1. The maximum Gasteiger partial charge on any atom is 0.340 e. The number of thioether (sulfide) groups is 1. The van der Waals surface area contributed by atoms with Gasteiger partial charge in [-0.3, -0.25) is 4.68 Å². The molecule has 1 aliphatic rings. The highest BCUT2D eigenvalue weighted by atomic mass is 32.2. The van der Waals surface area contributed by atoms with Crippen LogP contribution in [0.4, 0.5) is 0 Å². The highest BCUT2D eigenvalue weighted by molar-refractivity contribution is 8.00. The molecule has 0 atom stereocenters. The zero-order chi connectivity index (χ0) is 15.0. The Balaban J connectivity index is 2.14. The summed E-state index contributed by atoms with van der Waals surface area (Å²) in [6.45, 7) is 5.48. The summed E-state index contributed by atoms with van der Waals surface area (Å²) in [5, 5.41) is 5.70. The first kappa shape index (κ1) is 14.3. The lowest BCUT2D eigenvalue weighted by Gasteiger charge is -2.26. The number of nitrogens with zero attached hydrogens (tertiary/aromatic N) is 3. The van der Waals surface area contributed by atoms with Crippen molar-refractivity contribution in [3.63, 3.8) is 0 Å². The Morgan fingerprint density at radius 2 is 2.33 bits per heavy atom. The van der Waals surface area contributed by atoms with Crippen LogP contribution in [0.25, 0.3) is 11.0 Å². The number of hydrogen-bond acceptors (Lipinski definition) is 6. The summed E-state index contributed by atoms with van der Waals surface area (Å²) in [6, 6.07) is 0. The molecule has 0 spiro atoms. The SMILES string of the molecule is CCOC(=O)c1cnc2c(c(C)nn2C)c1SC1COC1. The third kappa shape index (κ3) is 2.51. The van der Waals surface area contributed by atoms with Crippen molar-refractivity contribution < 1.29 is 14.3 Å². The normalized spacial score (nSPS) is 15.2. The molecule has 2 aromatic heterocycles. The topological polar surface area (TPSA) is 66.2 Å². The van der Waals surface area contributed by atoms with E-state index in [1.807, 2.05) is 14.0 Å². The van der Waals surface area contributed by atoms with Gasteiger partial charge in [-0.05, 0) is 13.8 Å². The molecule has 0 unspecified atom stereocenters. The third-order valence-electron chi connectivity index (χ3n) is 3.37. The highest BCUT2D eigenvalue weighted by Crippen LogP contribution is 2.37. The van der Waals surface area contributed by atoms with E-state index in [2.05, 4.69) is 10.1 Å². The number of esters is 1. The van der Waals surface area contributed by atoms with Crippen LogP contribution < -0.4 is 0 Å². The van der Waals surface area contributed by atoms with Crippen molar-refractivity contribution in [1.82, 2.24) is 14.8 Å². The smallest absolute Gasteiger partial charge is 0.340 e. The van der Waals surface area contributed by atoms with Crippen molar-refractivity contribution in [2.75, 3.05) is 19.8 Å². The largest absolute Gasteiger partial charge is 0.462 e. The summed E-state index contributed by atoms with van der Waals surface area (Å²) in [6.07, 6.45) is 1.59. The molecule has 0 aliphatic carbocycles. The molecule has 0 saturated carbocycles. The molecule has 0 N–H and O–H groups in total. The molecule has 1 fully saturated rings. The van der Waals surface area contributed by atoms with Crippen molar-refractivity contribution in [1.29, 1.82) is 0 Å². The molecule has 6 nitrogen and oxygen atoms in total. The fourth-order valence-corrected chi connectivity index (χ4v) is 3.59. The molecule has 0 amide bonds. The Bertz CT molecular complexity index is 694. The van der Waals surface area contributed by atoms with Crippen LogP contribution in [0.5, 0.6) is 0 Å². The number of ether oxygens (including phenoxy) is 2. The number of aryl methyl sites for hydroxylation is 2. The second-order valence-electron chi connectivity index (χ2n) is 4.91. The molecule has 21 heavy (non-hydrogen) atoms. The molecular formula is C14H17N3O3S. The number of carbonyl (C=O) groups is 1. The lowest BCUT2D eigenvalue weighted by atomic mass is 10.2. The lowest BCUT2D eigenvalue weighted by molar-refractivity contribution is 0.0453. The van der Waals surface area contributed by atoms with Crippen LogP contribution >= 0.6 is 11.8 Å². The Kier molecular flexibility index (Phi) is 3.86. The van der Waals surface area contributed by atoms with Gasteiger partial charge in [-0.15, -0.1) is 11.8 Å². The average molecular weight is 307 g/mol. The van der Waals surface area contributed by atoms with E-state index in [0.717, 1.165) is 21.6 Å². The second kappa shape index (κ2) is 5.65. The van der Waals surface area contributed by atoms with Crippen LogP contribution in [0.3, 0.4) is 0 Å². The number of pyridine rings is 1. The summed E-state index contributed by atoms with van der Waals surface area (Å²) < 4.78 is 12.1. The van der Waals surface area contributed by atoms with Crippen LogP contribution in [0.2, 0.25) is 0 Å². The minimum atomic E-state index is -0.335. The van der Waals surface area contributed by atoms with Crippen molar-refractivity contribution >= 4 is 28.8 Å². The Labute approximate surface area is 126 Å². The van der Waals surface area contributed by atoms with E-state index in [0.29, 0.717) is 30.6 Å². The highest BCUT2D eigenvalue weighted by Gasteiger charge is 2.27. The first-order chi connectivity index (χ1) is 10.1. The van der Waals surface area contributed by atoms with E-state index in [1.165, 1.54) is 0 Å². The molecule has 7 heteroatoms. The summed E-state index contributed by atoms with van der Waals surface area (Å²) >= 11 is 1.65. The van der Waals surface area contributed by atoms with Gasteiger partial charge in [-0.2, -0.15) is 5.10 Å². The Hall–Kier alpha value is -1.60. The zero-order valence-corrected chi connectivity index (χ0v) is 13.1. The van der Waals surface area contributed by atoms with E-state index < -0.39 is 0 Å². The van der Waals surface area contributed by atoms with Gasteiger partial charge < -0.3 is 9.47 Å². The van der Waals surface area contributed by atoms with Gasteiger partial charge in [0.1, 0.15) is 0 Å². The van der Waals surface area contributed by atoms with E-state index in [4.69, 9.17) is 9.47 Å². The quantitative estimate of drug-likeness (QED) is 0.804. The fourth-order valence-electron chi connectivity index (χ4n) is 2.30. The second-order valence-corrected chi connectivity index (χ2v) is 6.22. The molecule has 1 saturated heterocycles. The minimum absolute atomic E-state index is 0.335. The van der Waals surface area contributed by atoms with Crippen LogP contribution in [-0.2, 0) is 16.5 Å². The van der Waals surface area contributed by atoms with Gasteiger partial charge in [0.25, 0.3) is 0 Å². The van der Waals surface area contributed by atoms with Crippen molar-refractivity contribution in [2.24, 2.45) is 7.05 Å². The standard InChI is InChI=1S/C14H17N3O3S/c1-4-20-14(18)10-5-15-13-11(8(2)16-17(13)3)12(10)21-9-6-19-7-9/h5,9H,4,6-7H2,1-3H3. The number of rotatable bonds is 4.